The van der Waals surface area contributed by atoms with Crippen LogP contribution in [-0.2, 0) is 14.3 Å². The second-order valence-electron chi connectivity index (χ2n) is 3.26. The Hall–Kier alpha value is -1.09. The van der Waals surface area contributed by atoms with Crippen LogP contribution < -0.4 is 0 Å². The van der Waals surface area contributed by atoms with E-state index in [-0.39, 0.29) is 5.97 Å². The quantitative estimate of drug-likeness (QED) is 0.550. The Morgan fingerprint density at radius 1 is 1.53 bits per heavy atom. The molecule has 4 heteroatoms. The number of ether oxygens (including phenoxy) is 1. The molecule has 0 radical (unpaired) electrons. The lowest BCUT2D eigenvalue weighted by Gasteiger charge is -2.17. The van der Waals surface area contributed by atoms with E-state index in [1.54, 1.807) is 13.8 Å². The molecule has 0 aromatic heterocycles. The van der Waals surface area contributed by atoms with Gasteiger partial charge in [-0.25, -0.2) is 4.79 Å². The number of carbonyl (C=O) groups excluding carboxylic acids is 2. The first-order chi connectivity index (χ1) is 7.11. The zero-order valence-electron chi connectivity index (χ0n) is 8.80. The molecule has 1 rings (SSSR count). The number of aldehydes is 1. The van der Waals surface area contributed by atoms with E-state index in [9.17, 15) is 9.59 Å². The summed E-state index contributed by atoms with van der Waals surface area (Å²) >= 11 is 5.89. The van der Waals surface area contributed by atoms with E-state index >= 15 is 0 Å². The topological polar surface area (TPSA) is 43.4 Å². The second-order valence-corrected chi connectivity index (χ2v) is 3.72. The normalized spacial score (nSPS) is 16.7. The number of rotatable bonds is 3. The Kier molecular flexibility index (Phi) is 4.09. The fraction of sp³-hybridized carbons (Fsp3) is 0.455. The van der Waals surface area contributed by atoms with Gasteiger partial charge in [-0.3, -0.25) is 4.79 Å². The zero-order valence-corrected chi connectivity index (χ0v) is 9.56. The first-order valence-corrected chi connectivity index (χ1v) is 5.20. The van der Waals surface area contributed by atoms with Crippen molar-refractivity contribution in [3.05, 3.63) is 21.8 Å². The summed E-state index contributed by atoms with van der Waals surface area (Å²) in [5, 5.41) is 0.524. The molecule has 0 amide bonds. The van der Waals surface area contributed by atoms with Crippen molar-refractivity contribution in [1.82, 2.24) is 0 Å². The van der Waals surface area contributed by atoms with Crippen LogP contribution in [0.2, 0.25) is 0 Å². The fourth-order valence-electron chi connectivity index (χ4n) is 1.55. The van der Waals surface area contributed by atoms with Gasteiger partial charge in [0.1, 0.15) is 0 Å². The van der Waals surface area contributed by atoms with Gasteiger partial charge in [-0.15, -0.1) is 0 Å². The monoisotopic (exact) mass is 228 g/mol. The van der Waals surface area contributed by atoms with E-state index in [4.69, 9.17) is 16.3 Å². The van der Waals surface area contributed by atoms with E-state index in [1.807, 2.05) is 0 Å². The summed E-state index contributed by atoms with van der Waals surface area (Å²) in [7, 11) is 0. The van der Waals surface area contributed by atoms with Gasteiger partial charge in [-0.2, -0.15) is 0 Å². The largest absolute Gasteiger partial charge is 0.463 e. The highest BCUT2D eigenvalue weighted by Crippen LogP contribution is 2.31. The molecule has 0 atom stereocenters. The van der Waals surface area contributed by atoms with Gasteiger partial charge in [-0.05, 0) is 32.3 Å². The molecule has 0 unspecified atom stereocenters. The highest BCUT2D eigenvalue weighted by Gasteiger charge is 2.22. The number of allylic oxidation sites excluding steroid dienone is 3. The molecule has 0 N–H and O–H groups in total. The van der Waals surface area contributed by atoms with Crippen LogP contribution in [0.3, 0.4) is 0 Å². The SMILES string of the molecule is CCOC(=O)C1=C(C)C(C=O)=C(Cl)CC1. The Labute approximate surface area is 93.7 Å². The van der Waals surface area contributed by atoms with E-state index in [0.717, 1.165) is 0 Å². The molecule has 1 aliphatic carbocycles. The standard InChI is InChI=1S/C11H13ClO3/c1-3-15-11(14)8-4-5-10(12)9(6-13)7(8)2/h6H,3-5H2,1-2H3. The molecule has 0 aromatic rings. The number of hydrogen-bond donors (Lipinski definition) is 0. The Balaban J connectivity index is 3.04. The predicted octanol–water partition coefficient (Wildman–Crippen LogP) is 2.35. The summed E-state index contributed by atoms with van der Waals surface area (Å²) in [5.74, 6) is -0.349. The molecule has 1 aliphatic rings. The molecule has 0 bridgehead atoms. The lowest BCUT2D eigenvalue weighted by atomic mass is 9.92. The average molecular weight is 229 g/mol. The molecule has 0 saturated heterocycles. The minimum absolute atomic E-state index is 0.337. The van der Waals surface area contributed by atoms with Crippen molar-refractivity contribution >= 4 is 23.9 Å². The van der Waals surface area contributed by atoms with Crippen molar-refractivity contribution in [2.45, 2.75) is 26.7 Å². The van der Waals surface area contributed by atoms with Gasteiger partial charge in [0.05, 0.1) is 6.61 Å². The average Bonchev–Trinajstić information content (AvgIpc) is 2.18. The van der Waals surface area contributed by atoms with Gasteiger partial charge in [0, 0.05) is 16.2 Å². The molecule has 0 aliphatic heterocycles. The number of halogens is 1. The molecule has 82 valence electrons. The van der Waals surface area contributed by atoms with Crippen molar-refractivity contribution in [3.63, 3.8) is 0 Å². The fourth-order valence-corrected chi connectivity index (χ4v) is 1.83. The van der Waals surface area contributed by atoms with Crippen LogP contribution in [-0.4, -0.2) is 18.9 Å². The summed E-state index contributed by atoms with van der Waals surface area (Å²) in [4.78, 5) is 22.3. The Morgan fingerprint density at radius 3 is 2.73 bits per heavy atom. The van der Waals surface area contributed by atoms with Crippen LogP contribution in [0.1, 0.15) is 26.7 Å². The van der Waals surface area contributed by atoms with E-state index in [2.05, 4.69) is 0 Å². The van der Waals surface area contributed by atoms with Crippen LogP contribution in [0, 0.1) is 0 Å². The minimum atomic E-state index is -0.349. The Morgan fingerprint density at radius 2 is 2.20 bits per heavy atom. The van der Waals surface area contributed by atoms with E-state index < -0.39 is 0 Å². The summed E-state index contributed by atoms with van der Waals surface area (Å²) in [6, 6.07) is 0. The van der Waals surface area contributed by atoms with Gasteiger partial charge < -0.3 is 4.74 Å². The van der Waals surface area contributed by atoms with Crippen molar-refractivity contribution in [2.75, 3.05) is 6.61 Å². The molecule has 0 fully saturated rings. The van der Waals surface area contributed by atoms with Gasteiger partial charge >= 0.3 is 5.97 Å². The highest BCUT2D eigenvalue weighted by molar-refractivity contribution is 6.32. The molecule has 0 saturated carbocycles. The second kappa shape index (κ2) is 5.12. The molecule has 0 spiro atoms. The van der Waals surface area contributed by atoms with Crippen molar-refractivity contribution in [1.29, 1.82) is 0 Å². The number of esters is 1. The van der Waals surface area contributed by atoms with E-state index in [1.165, 1.54) is 0 Å². The first kappa shape index (κ1) is 12.0. The third-order valence-electron chi connectivity index (χ3n) is 2.38. The lowest BCUT2D eigenvalue weighted by molar-refractivity contribution is -0.138. The maximum absolute atomic E-state index is 11.5. The maximum atomic E-state index is 11.5. The highest BCUT2D eigenvalue weighted by atomic mass is 35.5. The molecular weight excluding hydrogens is 216 g/mol. The predicted molar refractivity (Wildman–Crippen MR) is 57.5 cm³/mol. The Bertz CT molecular complexity index is 353. The number of carbonyl (C=O) groups is 2. The van der Waals surface area contributed by atoms with Crippen LogP contribution in [0.4, 0.5) is 0 Å². The van der Waals surface area contributed by atoms with Gasteiger partial charge in [0.15, 0.2) is 6.29 Å². The third kappa shape index (κ3) is 2.48. The number of hydrogen-bond acceptors (Lipinski definition) is 3. The summed E-state index contributed by atoms with van der Waals surface area (Å²) in [6.07, 6.45) is 1.76. The maximum Gasteiger partial charge on any atom is 0.334 e. The van der Waals surface area contributed by atoms with Crippen LogP contribution in [0.5, 0.6) is 0 Å². The first-order valence-electron chi connectivity index (χ1n) is 4.82. The van der Waals surface area contributed by atoms with Crippen LogP contribution in [0.15, 0.2) is 21.8 Å². The summed E-state index contributed by atoms with van der Waals surface area (Å²) in [6.45, 7) is 3.81. The summed E-state index contributed by atoms with van der Waals surface area (Å²) in [5.41, 5.74) is 1.62. The van der Waals surface area contributed by atoms with E-state index in [0.29, 0.717) is 47.5 Å². The van der Waals surface area contributed by atoms with Crippen molar-refractivity contribution < 1.29 is 14.3 Å². The minimum Gasteiger partial charge on any atom is -0.463 e. The van der Waals surface area contributed by atoms with Gasteiger partial charge in [0.25, 0.3) is 0 Å². The van der Waals surface area contributed by atoms with Gasteiger partial charge in [0.2, 0.25) is 0 Å². The molecule has 15 heavy (non-hydrogen) atoms. The van der Waals surface area contributed by atoms with Crippen LogP contribution in [0.25, 0.3) is 0 Å². The molecule has 3 nitrogen and oxygen atoms in total. The van der Waals surface area contributed by atoms with Crippen LogP contribution >= 0.6 is 11.6 Å². The van der Waals surface area contributed by atoms with Gasteiger partial charge in [-0.1, -0.05) is 11.6 Å². The van der Waals surface area contributed by atoms with Crippen molar-refractivity contribution in [2.24, 2.45) is 0 Å². The summed E-state index contributed by atoms with van der Waals surface area (Å²) < 4.78 is 4.90. The third-order valence-corrected chi connectivity index (χ3v) is 2.78. The smallest absolute Gasteiger partial charge is 0.334 e. The molecule has 0 heterocycles. The lowest BCUT2D eigenvalue weighted by Crippen LogP contribution is -2.14. The van der Waals surface area contributed by atoms with Crippen molar-refractivity contribution in [3.8, 4) is 0 Å². The molecular formula is C11H13ClO3. The molecule has 0 aromatic carbocycles. The zero-order chi connectivity index (χ0) is 11.4.